The Labute approximate surface area is 112 Å². The molecule has 5 heteroatoms. The third-order valence-electron chi connectivity index (χ3n) is 3.15. The second-order valence-corrected chi connectivity index (χ2v) is 4.51. The standard InChI is InChI=1S/C14H18N2O3/c1-19-12-4-2-3-11(9-12)10-14(18)16-7-5-13(17)15-6-8-16/h2-4,9H,5-8,10H2,1H3,(H,15,17). The molecule has 0 bridgehead atoms. The van der Waals surface area contributed by atoms with E-state index in [0.29, 0.717) is 32.5 Å². The van der Waals surface area contributed by atoms with Crippen LogP contribution in [0, 0.1) is 0 Å². The largest absolute Gasteiger partial charge is 0.497 e. The molecule has 1 saturated heterocycles. The van der Waals surface area contributed by atoms with Crippen LogP contribution in [0.2, 0.25) is 0 Å². The van der Waals surface area contributed by atoms with Gasteiger partial charge in [0.15, 0.2) is 0 Å². The fourth-order valence-electron chi connectivity index (χ4n) is 2.09. The monoisotopic (exact) mass is 262 g/mol. The highest BCUT2D eigenvalue weighted by Gasteiger charge is 2.18. The molecule has 1 heterocycles. The van der Waals surface area contributed by atoms with Crippen LogP contribution in [-0.4, -0.2) is 43.5 Å². The summed E-state index contributed by atoms with van der Waals surface area (Å²) in [6.07, 6.45) is 0.718. The number of hydrogen-bond donors (Lipinski definition) is 1. The molecule has 0 spiro atoms. The summed E-state index contributed by atoms with van der Waals surface area (Å²) in [5.74, 6) is 0.805. The van der Waals surface area contributed by atoms with E-state index in [4.69, 9.17) is 4.74 Å². The molecule has 102 valence electrons. The normalized spacial score (nSPS) is 15.6. The van der Waals surface area contributed by atoms with Crippen molar-refractivity contribution in [3.63, 3.8) is 0 Å². The van der Waals surface area contributed by atoms with E-state index < -0.39 is 0 Å². The molecule has 19 heavy (non-hydrogen) atoms. The van der Waals surface area contributed by atoms with Crippen LogP contribution >= 0.6 is 0 Å². The number of nitrogens with one attached hydrogen (secondary N) is 1. The molecule has 1 aliphatic heterocycles. The van der Waals surface area contributed by atoms with Gasteiger partial charge >= 0.3 is 0 Å². The molecule has 0 atom stereocenters. The van der Waals surface area contributed by atoms with Gasteiger partial charge in [-0.1, -0.05) is 12.1 Å². The molecule has 2 amide bonds. The number of hydrogen-bond acceptors (Lipinski definition) is 3. The maximum Gasteiger partial charge on any atom is 0.227 e. The van der Waals surface area contributed by atoms with E-state index in [2.05, 4.69) is 5.32 Å². The first-order valence-electron chi connectivity index (χ1n) is 6.36. The van der Waals surface area contributed by atoms with Gasteiger partial charge in [-0.3, -0.25) is 9.59 Å². The zero-order chi connectivity index (χ0) is 13.7. The Balaban J connectivity index is 1.97. The number of carbonyl (C=O) groups excluding carboxylic acids is 2. The highest BCUT2D eigenvalue weighted by Crippen LogP contribution is 2.14. The lowest BCUT2D eigenvalue weighted by atomic mass is 10.1. The maximum absolute atomic E-state index is 12.2. The highest BCUT2D eigenvalue weighted by molar-refractivity contribution is 5.81. The first-order chi connectivity index (χ1) is 9.19. The van der Waals surface area contributed by atoms with E-state index in [-0.39, 0.29) is 11.8 Å². The minimum absolute atomic E-state index is 0.0108. The quantitative estimate of drug-likeness (QED) is 0.867. The van der Waals surface area contributed by atoms with Crippen LogP contribution in [-0.2, 0) is 16.0 Å². The van der Waals surface area contributed by atoms with Crippen LogP contribution in [0.5, 0.6) is 5.75 Å². The SMILES string of the molecule is COc1cccc(CC(=O)N2CCNC(=O)CC2)c1. The molecule has 1 aliphatic rings. The first-order valence-corrected chi connectivity index (χ1v) is 6.36. The predicted molar refractivity (Wildman–Crippen MR) is 70.9 cm³/mol. The van der Waals surface area contributed by atoms with Gasteiger partial charge in [-0.25, -0.2) is 0 Å². The maximum atomic E-state index is 12.2. The Bertz CT molecular complexity index is 474. The summed E-state index contributed by atoms with van der Waals surface area (Å²) < 4.78 is 5.14. The van der Waals surface area contributed by atoms with E-state index in [1.165, 1.54) is 0 Å². The number of nitrogens with zero attached hydrogens (tertiary/aromatic N) is 1. The molecular formula is C14H18N2O3. The van der Waals surface area contributed by atoms with Gasteiger partial charge in [0.2, 0.25) is 11.8 Å². The van der Waals surface area contributed by atoms with Gasteiger partial charge in [0.05, 0.1) is 13.5 Å². The lowest BCUT2D eigenvalue weighted by molar-refractivity contribution is -0.130. The van der Waals surface area contributed by atoms with Crippen molar-refractivity contribution >= 4 is 11.8 Å². The molecule has 1 aromatic rings. The number of rotatable bonds is 3. The van der Waals surface area contributed by atoms with Crippen LogP contribution in [0.25, 0.3) is 0 Å². The summed E-state index contributed by atoms with van der Waals surface area (Å²) in [4.78, 5) is 25.1. The minimum atomic E-state index is 0.0108. The van der Waals surface area contributed by atoms with Crippen molar-refractivity contribution in [1.29, 1.82) is 0 Å². The lowest BCUT2D eigenvalue weighted by Gasteiger charge is -2.19. The van der Waals surface area contributed by atoms with Crippen molar-refractivity contribution in [2.24, 2.45) is 0 Å². The van der Waals surface area contributed by atoms with Gasteiger partial charge in [-0.15, -0.1) is 0 Å². The summed E-state index contributed by atoms with van der Waals surface area (Å²) >= 11 is 0. The molecule has 0 aliphatic carbocycles. The number of ether oxygens (including phenoxy) is 1. The summed E-state index contributed by atoms with van der Waals surface area (Å²) in [5, 5.41) is 2.76. The van der Waals surface area contributed by atoms with Gasteiger partial charge < -0.3 is 15.0 Å². The zero-order valence-electron chi connectivity index (χ0n) is 11.0. The van der Waals surface area contributed by atoms with Crippen molar-refractivity contribution in [3.8, 4) is 5.75 Å². The molecule has 5 nitrogen and oxygen atoms in total. The minimum Gasteiger partial charge on any atom is -0.497 e. The van der Waals surface area contributed by atoms with Crippen LogP contribution < -0.4 is 10.1 Å². The highest BCUT2D eigenvalue weighted by atomic mass is 16.5. The van der Waals surface area contributed by atoms with Crippen LogP contribution in [0.4, 0.5) is 0 Å². The average Bonchev–Trinajstić information content (AvgIpc) is 2.64. The summed E-state index contributed by atoms with van der Waals surface area (Å²) in [7, 11) is 1.60. The first kappa shape index (κ1) is 13.4. The van der Waals surface area contributed by atoms with Gasteiger partial charge in [0.25, 0.3) is 0 Å². The third kappa shape index (κ3) is 3.71. The third-order valence-corrected chi connectivity index (χ3v) is 3.15. The zero-order valence-corrected chi connectivity index (χ0v) is 11.0. The van der Waals surface area contributed by atoms with Gasteiger partial charge in [-0.05, 0) is 17.7 Å². The molecule has 1 N–H and O–H groups in total. The fourth-order valence-corrected chi connectivity index (χ4v) is 2.09. The Kier molecular flexibility index (Phi) is 4.39. The lowest BCUT2D eigenvalue weighted by Crippen LogP contribution is -2.35. The van der Waals surface area contributed by atoms with Crippen molar-refractivity contribution in [2.75, 3.05) is 26.7 Å². The van der Waals surface area contributed by atoms with Crippen LogP contribution in [0.3, 0.4) is 0 Å². The van der Waals surface area contributed by atoms with Gasteiger partial charge in [0.1, 0.15) is 5.75 Å². The molecule has 0 unspecified atom stereocenters. The fraction of sp³-hybridized carbons (Fsp3) is 0.429. The van der Waals surface area contributed by atoms with E-state index >= 15 is 0 Å². The van der Waals surface area contributed by atoms with Crippen molar-refractivity contribution in [2.45, 2.75) is 12.8 Å². The van der Waals surface area contributed by atoms with E-state index in [1.54, 1.807) is 12.0 Å². The molecular weight excluding hydrogens is 244 g/mol. The molecule has 1 fully saturated rings. The summed E-state index contributed by atoms with van der Waals surface area (Å²) in [5.41, 5.74) is 0.924. The molecule has 2 rings (SSSR count). The van der Waals surface area contributed by atoms with E-state index in [0.717, 1.165) is 11.3 Å². The second-order valence-electron chi connectivity index (χ2n) is 4.51. The Morgan fingerprint density at radius 2 is 2.26 bits per heavy atom. The Morgan fingerprint density at radius 3 is 3.05 bits per heavy atom. The predicted octanol–water partition coefficient (Wildman–Crippen LogP) is 0.586. The molecule has 0 radical (unpaired) electrons. The Hall–Kier alpha value is -2.04. The van der Waals surface area contributed by atoms with Gasteiger partial charge in [-0.2, -0.15) is 0 Å². The van der Waals surface area contributed by atoms with Crippen molar-refractivity contribution in [1.82, 2.24) is 10.2 Å². The Morgan fingerprint density at radius 1 is 1.42 bits per heavy atom. The van der Waals surface area contributed by atoms with Crippen molar-refractivity contribution < 1.29 is 14.3 Å². The number of methoxy groups -OCH3 is 1. The topological polar surface area (TPSA) is 58.6 Å². The average molecular weight is 262 g/mol. The summed E-state index contributed by atoms with van der Waals surface area (Å²) in [6, 6.07) is 7.48. The van der Waals surface area contributed by atoms with Gasteiger partial charge in [0, 0.05) is 26.1 Å². The summed E-state index contributed by atoms with van der Waals surface area (Å²) in [6.45, 7) is 1.60. The molecule has 1 aromatic carbocycles. The molecule has 0 aromatic heterocycles. The van der Waals surface area contributed by atoms with E-state index in [9.17, 15) is 9.59 Å². The smallest absolute Gasteiger partial charge is 0.227 e. The number of amides is 2. The molecule has 0 saturated carbocycles. The van der Waals surface area contributed by atoms with Crippen molar-refractivity contribution in [3.05, 3.63) is 29.8 Å². The van der Waals surface area contributed by atoms with Crippen LogP contribution in [0.1, 0.15) is 12.0 Å². The second kappa shape index (κ2) is 6.22. The van der Waals surface area contributed by atoms with Crippen LogP contribution in [0.15, 0.2) is 24.3 Å². The van der Waals surface area contributed by atoms with E-state index in [1.807, 2.05) is 24.3 Å². The number of benzene rings is 1. The number of carbonyl (C=O) groups is 2.